The van der Waals surface area contributed by atoms with Crippen LogP contribution in [0.2, 0.25) is 0 Å². The molecular weight excluding hydrogens is 1110 g/mol. The number of carboxylic acids is 1. The Kier molecular flexibility index (Phi) is 69.4. The highest BCUT2D eigenvalue weighted by Gasteiger charge is 2.22. The van der Waals surface area contributed by atoms with E-state index in [0.717, 1.165) is 64.2 Å². The minimum Gasteiger partial charge on any atom is -0.545 e. The second kappa shape index (κ2) is 71.8. The molecule has 0 rings (SSSR count). The molecule has 0 radical (unpaired) electrons. The van der Waals surface area contributed by atoms with Crippen molar-refractivity contribution in [2.75, 3.05) is 47.5 Å². The van der Waals surface area contributed by atoms with Crippen molar-refractivity contribution in [1.29, 1.82) is 0 Å². The fourth-order valence-electron chi connectivity index (χ4n) is 11.6. The standard InChI is InChI=1S/C81H149NO8/c1-6-8-10-12-14-16-18-20-22-24-26-28-30-32-34-36-38-39-40-41-42-44-46-48-50-52-54-56-58-60-62-64-66-68-70-72-79(84)90-77(76-89-81(80(85)86)87-74-73-82(3,4)5)75-88-78(83)71-69-67-65-63-61-59-57-55-53-51-49-47-45-43-37-35-33-31-29-27-25-23-21-19-17-15-13-11-9-7-2/h8,10,14,16,20,22,26,28,32,34,77,81H,6-7,9,11-13,15,17-19,21,23-25,27,29-31,33,35-76H2,1-5H3/b10-8-,16-14-,22-20-,28-26-,34-32-. The number of esters is 2. The van der Waals surface area contributed by atoms with Crippen molar-refractivity contribution in [3.05, 3.63) is 60.8 Å². The van der Waals surface area contributed by atoms with Crippen LogP contribution in [0.4, 0.5) is 0 Å². The maximum atomic E-state index is 13.0. The number of nitrogens with zero attached hydrogens (tertiary/aromatic N) is 1. The highest BCUT2D eigenvalue weighted by Crippen LogP contribution is 2.20. The van der Waals surface area contributed by atoms with Crippen LogP contribution < -0.4 is 5.11 Å². The summed E-state index contributed by atoms with van der Waals surface area (Å²) >= 11 is 0. The van der Waals surface area contributed by atoms with Crippen molar-refractivity contribution >= 4 is 17.9 Å². The molecule has 0 aromatic carbocycles. The first-order valence-corrected chi connectivity index (χ1v) is 38.9. The lowest BCUT2D eigenvalue weighted by Gasteiger charge is -2.26. The summed E-state index contributed by atoms with van der Waals surface area (Å²) in [5.74, 6) is -2.25. The van der Waals surface area contributed by atoms with Crippen molar-refractivity contribution in [1.82, 2.24) is 0 Å². The second-order valence-electron chi connectivity index (χ2n) is 27.6. The molecule has 90 heavy (non-hydrogen) atoms. The van der Waals surface area contributed by atoms with E-state index in [1.165, 1.54) is 283 Å². The van der Waals surface area contributed by atoms with E-state index in [-0.39, 0.29) is 32.2 Å². The topological polar surface area (TPSA) is 111 Å². The van der Waals surface area contributed by atoms with Gasteiger partial charge >= 0.3 is 11.9 Å². The summed E-state index contributed by atoms with van der Waals surface area (Å²) in [6.45, 7) is 4.71. The Morgan fingerprint density at radius 2 is 0.633 bits per heavy atom. The smallest absolute Gasteiger partial charge is 0.306 e. The molecule has 526 valence electrons. The van der Waals surface area contributed by atoms with Gasteiger partial charge in [0.25, 0.3) is 0 Å². The van der Waals surface area contributed by atoms with E-state index < -0.39 is 24.3 Å². The van der Waals surface area contributed by atoms with E-state index in [1.807, 2.05) is 21.1 Å². The molecule has 0 amide bonds. The Balaban J connectivity index is 4.00. The van der Waals surface area contributed by atoms with Gasteiger partial charge in [-0.15, -0.1) is 0 Å². The van der Waals surface area contributed by atoms with Gasteiger partial charge in [-0.1, -0.05) is 370 Å². The largest absolute Gasteiger partial charge is 0.545 e. The van der Waals surface area contributed by atoms with E-state index >= 15 is 0 Å². The second-order valence-corrected chi connectivity index (χ2v) is 27.6. The van der Waals surface area contributed by atoms with Gasteiger partial charge in [0.05, 0.1) is 40.3 Å². The van der Waals surface area contributed by atoms with Crippen molar-refractivity contribution in [2.45, 2.75) is 392 Å². The number of ether oxygens (including phenoxy) is 4. The molecule has 0 aliphatic rings. The fourth-order valence-corrected chi connectivity index (χ4v) is 11.6. The summed E-state index contributed by atoms with van der Waals surface area (Å²) in [6, 6.07) is 0. The number of aliphatic carboxylic acids is 1. The van der Waals surface area contributed by atoms with Gasteiger partial charge in [-0.2, -0.15) is 0 Å². The first kappa shape index (κ1) is 87.0. The predicted octanol–water partition coefficient (Wildman–Crippen LogP) is 23.3. The van der Waals surface area contributed by atoms with E-state index in [4.69, 9.17) is 18.9 Å². The Morgan fingerprint density at radius 1 is 0.344 bits per heavy atom. The van der Waals surface area contributed by atoms with Crippen molar-refractivity contribution in [3.63, 3.8) is 0 Å². The van der Waals surface area contributed by atoms with Crippen LogP contribution in [-0.2, 0) is 33.3 Å². The number of likely N-dealkylation sites (N-methyl/N-ethyl adjacent to an activating group) is 1. The van der Waals surface area contributed by atoms with Gasteiger partial charge in [0.1, 0.15) is 13.2 Å². The van der Waals surface area contributed by atoms with Gasteiger partial charge < -0.3 is 33.3 Å². The maximum absolute atomic E-state index is 13.0. The Morgan fingerprint density at radius 3 is 0.944 bits per heavy atom. The Labute approximate surface area is 558 Å². The summed E-state index contributed by atoms with van der Waals surface area (Å²) < 4.78 is 22.9. The number of hydrogen-bond donors (Lipinski definition) is 0. The number of carbonyl (C=O) groups excluding carboxylic acids is 3. The molecule has 0 aromatic rings. The van der Waals surface area contributed by atoms with Crippen LogP contribution in [0.25, 0.3) is 0 Å². The van der Waals surface area contributed by atoms with E-state index in [0.29, 0.717) is 23.9 Å². The number of rotatable bonds is 73. The monoisotopic (exact) mass is 1260 g/mol. The number of carbonyl (C=O) groups is 3. The molecule has 0 aromatic heterocycles. The van der Waals surface area contributed by atoms with Crippen molar-refractivity contribution in [3.8, 4) is 0 Å². The average Bonchev–Trinajstić information content (AvgIpc) is 3.73. The summed E-state index contributed by atoms with van der Waals surface area (Å²) in [5.41, 5.74) is 0. The molecule has 0 heterocycles. The predicted molar refractivity (Wildman–Crippen MR) is 385 cm³/mol. The molecule has 0 aliphatic heterocycles. The minimum atomic E-state index is -1.62. The average molecular weight is 1270 g/mol. The molecule has 0 spiro atoms. The quantitative estimate of drug-likeness (QED) is 0.0195. The van der Waals surface area contributed by atoms with E-state index in [1.54, 1.807) is 0 Å². The van der Waals surface area contributed by atoms with Crippen LogP contribution in [0.15, 0.2) is 60.8 Å². The van der Waals surface area contributed by atoms with E-state index in [9.17, 15) is 19.5 Å². The minimum absolute atomic E-state index is 0.150. The summed E-state index contributed by atoms with van der Waals surface area (Å²) in [5, 5.41) is 11.9. The van der Waals surface area contributed by atoms with Crippen LogP contribution >= 0.6 is 0 Å². The van der Waals surface area contributed by atoms with Gasteiger partial charge in [-0.3, -0.25) is 9.59 Å². The van der Waals surface area contributed by atoms with Crippen molar-refractivity contribution in [2.24, 2.45) is 0 Å². The first-order valence-electron chi connectivity index (χ1n) is 38.9. The lowest BCUT2D eigenvalue weighted by atomic mass is 10.0. The van der Waals surface area contributed by atoms with Crippen LogP contribution in [0.3, 0.4) is 0 Å². The van der Waals surface area contributed by atoms with Gasteiger partial charge in [0.2, 0.25) is 0 Å². The van der Waals surface area contributed by atoms with Crippen LogP contribution in [0.1, 0.15) is 380 Å². The number of quaternary nitrogens is 1. The SMILES string of the molecule is CC/C=C\C/C=C\C/C=C\C/C=C\C/C=C\CCCCCCCCCCCCCCCCCCCCCC(=O)OC(COC(=O)CCCCCCCCCCCCCCCCCCCCCCCCCCCCCCCC)COC(OCC[N+](C)(C)C)C(=O)[O-]. The van der Waals surface area contributed by atoms with E-state index in [2.05, 4.69) is 74.6 Å². The molecule has 9 heteroatoms. The summed E-state index contributed by atoms with van der Waals surface area (Å²) in [6.07, 6.45) is 92.0. The molecule has 9 nitrogen and oxygen atoms in total. The van der Waals surface area contributed by atoms with Gasteiger partial charge in [-0.25, -0.2) is 0 Å². The highest BCUT2D eigenvalue weighted by molar-refractivity contribution is 5.70. The molecule has 0 saturated heterocycles. The molecule has 2 atom stereocenters. The zero-order valence-corrected chi connectivity index (χ0v) is 60.3. The number of carboxylic acid groups (broad SMARTS) is 1. The van der Waals surface area contributed by atoms with Gasteiger partial charge in [-0.05, 0) is 57.8 Å². The lowest BCUT2D eigenvalue weighted by Crippen LogP contribution is -2.44. The van der Waals surface area contributed by atoms with Gasteiger partial charge in [0, 0.05) is 12.8 Å². The maximum Gasteiger partial charge on any atom is 0.306 e. The molecule has 0 N–H and O–H groups in total. The number of unbranched alkanes of at least 4 members (excludes halogenated alkanes) is 48. The third kappa shape index (κ3) is 72.4. The molecule has 0 fully saturated rings. The Bertz CT molecular complexity index is 1660. The van der Waals surface area contributed by atoms with Crippen molar-refractivity contribution < 1.29 is 42.9 Å². The zero-order chi connectivity index (χ0) is 65.4. The van der Waals surface area contributed by atoms with Crippen LogP contribution in [0, 0.1) is 0 Å². The molecule has 0 bridgehead atoms. The molecule has 0 saturated carbocycles. The number of hydrogen-bond acceptors (Lipinski definition) is 8. The highest BCUT2D eigenvalue weighted by atomic mass is 16.7. The van der Waals surface area contributed by atoms with Gasteiger partial charge in [0.15, 0.2) is 12.4 Å². The number of allylic oxidation sites excluding steroid dienone is 10. The summed E-state index contributed by atoms with van der Waals surface area (Å²) in [7, 11) is 5.95. The molecule has 2 unspecified atom stereocenters. The normalized spacial score (nSPS) is 12.9. The lowest BCUT2D eigenvalue weighted by molar-refractivity contribution is -0.870. The fraction of sp³-hybridized carbons (Fsp3) is 0.840. The third-order valence-electron chi connectivity index (χ3n) is 17.5. The zero-order valence-electron chi connectivity index (χ0n) is 60.3. The van der Waals surface area contributed by atoms with Crippen LogP contribution in [0.5, 0.6) is 0 Å². The summed E-state index contributed by atoms with van der Waals surface area (Å²) in [4.78, 5) is 37.6. The Hall–Kier alpha value is -3.01. The first-order chi connectivity index (χ1) is 44.1. The molecule has 0 aliphatic carbocycles. The molecular formula is C81H149NO8. The van der Waals surface area contributed by atoms with Crippen LogP contribution in [-0.4, -0.2) is 82.3 Å². The third-order valence-corrected chi connectivity index (χ3v) is 17.5.